The Balaban J connectivity index is 1.24. The maximum Gasteiger partial charge on any atom is 0.233 e. The second kappa shape index (κ2) is 9.19. The van der Waals surface area contributed by atoms with Gasteiger partial charge in [-0.1, -0.05) is 42.0 Å². The van der Waals surface area contributed by atoms with Crippen molar-refractivity contribution < 1.29 is 18.7 Å². The minimum atomic E-state index is -0.470. The summed E-state index contributed by atoms with van der Waals surface area (Å²) >= 11 is 0. The van der Waals surface area contributed by atoms with E-state index >= 15 is 0 Å². The van der Waals surface area contributed by atoms with Crippen molar-refractivity contribution in [3.63, 3.8) is 0 Å². The van der Waals surface area contributed by atoms with E-state index in [9.17, 15) is 9.18 Å². The number of aryl methyl sites for hydroxylation is 1. The van der Waals surface area contributed by atoms with Crippen molar-refractivity contribution in [3.8, 4) is 0 Å². The molecule has 3 heterocycles. The molecule has 0 radical (unpaired) electrons. The SMILES string of the molecule is Cc1ccc(C2(C(=O)N3CCC4(CC3)CO[C@@H](Cc3cccc(F)c3)C4)CCOCC2)cc1. The number of nitrogens with zero attached hydrogens (tertiary/aromatic N) is 1. The molecule has 0 N–H and O–H groups in total. The number of halogens is 1. The Kier molecular flexibility index (Phi) is 6.28. The zero-order valence-electron chi connectivity index (χ0n) is 19.5. The monoisotopic (exact) mass is 451 g/mol. The summed E-state index contributed by atoms with van der Waals surface area (Å²) in [5.74, 6) is 0.0716. The summed E-state index contributed by atoms with van der Waals surface area (Å²) in [6.45, 7) is 5.65. The third-order valence-corrected chi connectivity index (χ3v) is 8.11. The zero-order chi connectivity index (χ0) is 22.9. The molecule has 1 amide bonds. The minimum absolute atomic E-state index is 0.128. The van der Waals surface area contributed by atoms with Crippen LogP contribution in [0.15, 0.2) is 48.5 Å². The topological polar surface area (TPSA) is 38.8 Å². The molecular formula is C28H34FNO3. The van der Waals surface area contributed by atoms with Crippen molar-refractivity contribution >= 4 is 5.91 Å². The van der Waals surface area contributed by atoms with Gasteiger partial charge in [-0.15, -0.1) is 0 Å². The van der Waals surface area contributed by atoms with E-state index in [1.54, 1.807) is 12.1 Å². The van der Waals surface area contributed by atoms with E-state index in [0.717, 1.165) is 69.3 Å². The summed E-state index contributed by atoms with van der Waals surface area (Å²) in [6.07, 6.45) is 5.30. The van der Waals surface area contributed by atoms with Gasteiger partial charge in [0, 0.05) is 26.3 Å². The maximum atomic E-state index is 13.9. The number of carbonyl (C=O) groups excluding carboxylic acids is 1. The highest BCUT2D eigenvalue weighted by Gasteiger charge is 2.48. The molecule has 33 heavy (non-hydrogen) atoms. The molecule has 3 saturated heterocycles. The molecule has 3 aliphatic rings. The van der Waals surface area contributed by atoms with Crippen LogP contribution in [0.25, 0.3) is 0 Å². The van der Waals surface area contributed by atoms with Crippen LogP contribution in [0.1, 0.15) is 48.8 Å². The maximum absolute atomic E-state index is 13.9. The van der Waals surface area contributed by atoms with Crippen LogP contribution in [-0.4, -0.2) is 49.8 Å². The molecule has 0 bridgehead atoms. The fraction of sp³-hybridized carbons (Fsp3) is 0.536. The molecule has 5 heteroatoms. The van der Waals surface area contributed by atoms with Gasteiger partial charge in [0.1, 0.15) is 5.82 Å². The average molecular weight is 452 g/mol. The first-order valence-electron chi connectivity index (χ1n) is 12.3. The Bertz CT molecular complexity index is 975. The molecule has 3 aliphatic heterocycles. The van der Waals surface area contributed by atoms with Crippen LogP contribution in [0.3, 0.4) is 0 Å². The van der Waals surface area contributed by atoms with E-state index in [1.165, 1.54) is 11.6 Å². The number of ether oxygens (including phenoxy) is 2. The van der Waals surface area contributed by atoms with Gasteiger partial charge < -0.3 is 14.4 Å². The number of rotatable bonds is 4. The lowest BCUT2D eigenvalue weighted by Crippen LogP contribution is -2.53. The molecule has 1 spiro atoms. The highest BCUT2D eigenvalue weighted by Crippen LogP contribution is 2.44. The summed E-state index contributed by atoms with van der Waals surface area (Å²) < 4.78 is 25.3. The average Bonchev–Trinajstić information content (AvgIpc) is 3.21. The fourth-order valence-corrected chi connectivity index (χ4v) is 6.01. The molecule has 0 saturated carbocycles. The second-order valence-corrected chi connectivity index (χ2v) is 10.3. The van der Waals surface area contributed by atoms with E-state index in [4.69, 9.17) is 9.47 Å². The smallest absolute Gasteiger partial charge is 0.233 e. The first-order chi connectivity index (χ1) is 16.0. The van der Waals surface area contributed by atoms with E-state index < -0.39 is 5.41 Å². The lowest BCUT2D eigenvalue weighted by molar-refractivity contribution is -0.143. The molecule has 4 nitrogen and oxygen atoms in total. The zero-order valence-corrected chi connectivity index (χ0v) is 19.5. The number of amides is 1. The van der Waals surface area contributed by atoms with Crippen molar-refractivity contribution in [2.75, 3.05) is 32.9 Å². The molecule has 5 rings (SSSR count). The molecule has 2 aromatic rings. The molecule has 3 fully saturated rings. The predicted octanol–water partition coefficient (Wildman–Crippen LogP) is 4.82. The lowest BCUT2D eigenvalue weighted by atomic mass is 9.71. The van der Waals surface area contributed by atoms with Gasteiger partial charge in [0.25, 0.3) is 0 Å². The van der Waals surface area contributed by atoms with Crippen LogP contribution >= 0.6 is 0 Å². The summed E-state index contributed by atoms with van der Waals surface area (Å²) in [6, 6.07) is 15.3. The van der Waals surface area contributed by atoms with Gasteiger partial charge in [-0.3, -0.25) is 4.79 Å². The number of hydrogen-bond acceptors (Lipinski definition) is 3. The van der Waals surface area contributed by atoms with Gasteiger partial charge in [-0.25, -0.2) is 4.39 Å². The van der Waals surface area contributed by atoms with Crippen LogP contribution in [-0.2, 0) is 26.1 Å². The Hall–Kier alpha value is -2.24. The number of piperidine rings is 1. The quantitative estimate of drug-likeness (QED) is 0.669. The van der Waals surface area contributed by atoms with E-state index in [-0.39, 0.29) is 23.2 Å². The molecule has 1 atom stereocenters. The summed E-state index contributed by atoms with van der Waals surface area (Å²) in [5.41, 5.74) is 3.00. The largest absolute Gasteiger partial charge is 0.381 e. The Morgan fingerprint density at radius 2 is 1.79 bits per heavy atom. The Morgan fingerprint density at radius 1 is 1.06 bits per heavy atom. The van der Waals surface area contributed by atoms with Crippen LogP contribution in [0.5, 0.6) is 0 Å². The van der Waals surface area contributed by atoms with Gasteiger partial charge in [-0.2, -0.15) is 0 Å². The summed E-state index contributed by atoms with van der Waals surface area (Å²) in [5, 5.41) is 0. The summed E-state index contributed by atoms with van der Waals surface area (Å²) in [4.78, 5) is 16.0. The van der Waals surface area contributed by atoms with Gasteiger partial charge >= 0.3 is 0 Å². The highest BCUT2D eigenvalue weighted by molar-refractivity contribution is 5.88. The van der Waals surface area contributed by atoms with Crippen LogP contribution in [0, 0.1) is 18.2 Å². The molecule has 2 aromatic carbocycles. The van der Waals surface area contributed by atoms with Crippen molar-refractivity contribution in [1.29, 1.82) is 0 Å². The first kappa shape index (κ1) is 22.5. The standard InChI is InChI=1S/C28H34FNO3/c1-21-5-7-23(8-6-21)28(11-15-32-16-12-28)26(31)30-13-9-27(10-14-30)19-25(33-20-27)18-22-3-2-4-24(29)17-22/h2-8,17,25H,9-16,18-20H2,1H3/t25-/m0/s1. The number of likely N-dealkylation sites (tertiary alicyclic amines) is 1. The van der Waals surface area contributed by atoms with Gasteiger partial charge in [-0.05, 0) is 74.1 Å². The highest BCUT2D eigenvalue weighted by atomic mass is 19.1. The molecule has 0 aromatic heterocycles. The fourth-order valence-electron chi connectivity index (χ4n) is 6.01. The first-order valence-corrected chi connectivity index (χ1v) is 12.3. The van der Waals surface area contributed by atoms with Crippen molar-refractivity contribution in [2.24, 2.45) is 5.41 Å². The Labute approximate surface area is 196 Å². The van der Waals surface area contributed by atoms with Gasteiger partial charge in [0.05, 0.1) is 18.1 Å². The number of benzene rings is 2. The van der Waals surface area contributed by atoms with Gasteiger partial charge in [0.2, 0.25) is 5.91 Å². The lowest BCUT2D eigenvalue weighted by Gasteiger charge is -2.44. The second-order valence-electron chi connectivity index (χ2n) is 10.3. The van der Waals surface area contributed by atoms with Gasteiger partial charge in [0.15, 0.2) is 0 Å². The van der Waals surface area contributed by atoms with E-state index in [0.29, 0.717) is 13.2 Å². The number of hydrogen-bond donors (Lipinski definition) is 0. The van der Waals surface area contributed by atoms with Crippen molar-refractivity contribution in [3.05, 3.63) is 71.0 Å². The third kappa shape index (κ3) is 4.58. The minimum Gasteiger partial charge on any atom is -0.381 e. The van der Waals surface area contributed by atoms with Crippen LogP contribution < -0.4 is 0 Å². The van der Waals surface area contributed by atoms with E-state index in [1.807, 2.05) is 6.07 Å². The van der Waals surface area contributed by atoms with Crippen molar-refractivity contribution in [2.45, 2.75) is 57.0 Å². The normalized spacial score (nSPS) is 24.2. The molecule has 0 aliphatic carbocycles. The molecule has 0 unspecified atom stereocenters. The third-order valence-electron chi connectivity index (χ3n) is 8.11. The molecular weight excluding hydrogens is 417 g/mol. The summed E-state index contributed by atoms with van der Waals surface area (Å²) in [7, 11) is 0. The Morgan fingerprint density at radius 3 is 2.48 bits per heavy atom. The van der Waals surface area contributed by atoms with Crippen LogP contribution in [0.2, 0.25) is 0 Å². The van der Waals surface area contributed by atoms with E-state index in [2.05, 4.69) is 36.1 Å². The number of carbonyl (C=O) groups is 1. The van der Waals surface area contributed by atoms with Crippen LogP contribution in [0.4, 0.5) is 4.39 Å². The molecule has 176 valence electrons. The predicted molar refractivity (Wildman–Crippen MR) is 126 cm³/mol. The van der Waals surface area contributed by atoms with Crippen molar-refractivity contribution in [1.82, 2.24) is 4.90 Å².